The van der Waals surface area contributed by atoms with Crippen molar-refractivity contribution in [3.63, 3.8) is 0 Å². The maximum Gasteiger partial charge on any atom is 0.422 e. The van der Waals surface area contributed by atoms with E-state index < -0.39 is 30.2 Å². The SMILES string of the molecule is CC=CCOc1ccc(-c2ccc3c(F)c(OCC(F)(F)F)ccc3c2)c(F)c1. The molecule has 0 aromatic heterocycles. The van der Waals surface area contributed by atoms with Crippen molar-refractivity contribution < 1.29 is 31.4 Å². The van der Waals surface area contributed by atoms with E-state index in [2.05, 4.69) is 4.74 Å². The highest BCUT2D eigenvalue weighted by atomic mass is 19.4. The molecule has 3 rings (SSSR count). The normalized spacial score (nSPS) is 11.9. The number of hydrogen-bond donors (Lipinski definition) is 0. The fourth-order valence-corrected chi connectivity index (χ4v) is 2.77. The van der Waals surface area contributed by atoms with E-state index in [4.69, 9.17) is 4.74 Å². The zero-order valence-corrected chi connectivity index (χ0v) is 15.4. The van der Waals surface area contributed by atoms with Crippen LogP contribution in [-0.2, 0) is 0 Å². The molecule has 0 amide bonds. The van der Waals surface area contributed by atoms with Crippen LogP contribution in [0.1, 0.15) is 6.92 Å². The lowest BCUT2D eigenvalue weighted by atomic mass is 10.00. The molecule has 3 aromatic rings. The Morgan fingerprint density at radius 3 is 2.41 bits per heavy atom. The minimum atomic E-state index is -4.56. The summed E-state index contributed by atoms with van der Waals surface area (Å²) >= 11 is 0. The van der Waals surface area contributed by atoms with Gasteiger partial charge < -0.3 is 9.47 Å². The first kappa shape index (κ1) is 20.6. The van der Waals surface area contributed by atoms with Crippen LogP contribution in [-0.4, -0.2) is 19.4 Å². The molecule has 152 valence electrons. The molecule has 0 heterocycles. The smallest absolute Gasteiger partial charge is 0.422 e. The molecule has 0 aliphatic carbocycles. The van der Waals surface area contributed by atoms with E-state index in [0.717, 1.165) is 6.07 Å². The molecular formula is C22H17F5O2. The topological polar surface area (TPSA) is 18.5 Å². The van der Waals surface area contributed by atoms with Crippen molar-refractivity contribution in [3.8, 4) is 22.6 Å². The summed E-state index contributed by atoms with van der Waals surface area (Å²) in [5, 5.41) is 0.493. The zero-order valence-electron chi connectivity index (χ0n) is 15.4. The third-order valence-electron chi connectivity index (χ3n) is 4.14. The van der Waals surface area contributed by atoms with Gasteiger partial charge in [0.25, 0.3) is 0 Å². The van der Waals surface area contributed by atoms with Crippen molar-refractivity contribution in [2.45, 2.75) is 13.1 Å². The maximum absolute atomic E-state index is 14.5. The molecule has 0 radical (unpaired) electrons. The summed E-state index contributed by atoms with van der Waals surface area (Å²) in [6.45, 7) is 0.589. The molecule has 0 spiro atoms. The Balaban J connectivity index is 1.88. The molecule has 2 nitrogen and oxygen atoms in total. The largest absolute Gasteiger partial charge is 0.489 e. The number of allylic oxidation sites excluding steroid dienone is 1. The van der Waals surface area contributed by atoms with Gasteiger partial charge in [0, 0.05) is 17.0 Å². The number of fused-ring (bicyclic) bond motifs is 1. The first-order valence-corrected chi connectivity index (χ1v) is 8.74. The molecule has 0 unspecified atom stereocenters. The molecule has 29 heavy (non-hydrogen) atoms. The Labute approximate surface area is 164 Å². The van der Waals surface area contributed by atoms with Gasteiger partial charge in [-0.05, 0) is 42.1 Å². The van der Waals surface area contributed by atoms with E-state index >= 15 is 0 Å². The van der Waals surface area contributed by atoms with Crippen LogP contribution in [0.15, 0.2) is 60.7 Å². The van der Waals surface area contributed by atoms with Crippen LogP contribution in [0.25, 0.3) is 21.9 Å². The van der Waals surface area contributed by atoms with Crippen molar-refractivity contribution >= 4 is 10.8 Å². The monoisotopic (exact) mass is 408 g/mol. The molecule has 0 N–H and O–H groups in total. The summed E-state index contributed by atoms with van der Waals surface area (Å²) in [7, 11) is 0. The van der Waals surface area contributed by atoms with Crippen molar-refractivity contribution in [1.82, 2.24) is 0 Å². The van der Waals surface area contributed by atoms with Gasteiger partial charge in [-0.25, -0.2) is 8.78 Å². The van der Waals surface area contributed by atoms with Crippen molar-refractivity contribution in [2.75, 3.05) is 13.2 Å². The number of rotatable bonds is 6. The summed E-state index contributed by atoms with van der Waals surface area (Å²) in [6, 6.07) is 11.4. The molecule has 7 heteroatoms. The lowest BCUT2D eigenvalue weighted by Gasteiger charge is -2.12. The van der Waals surface area contributed by atoms with Crippen molar-refractivity contribution in [2.24, 2.45) is 0 Å². The fourth-order valence-electron chi connectivity index (χ4n) is 2.77. The third kappa shape index (κ3) is 5.04. The summed E-state index contributed by atoms with van der Waals surface area (Å²) in [6.07, 6.45) is -0.958. The second-order valence-electron chi connectivity index (χ2n) is 6.24. The maximum atomic E-state index is 14.5. The van der Waals surface area contributed by atoms with Gasteiger partial charge in [-0.3, -0.25) is 0 Å². The minimum absolute atomic E-state index is 0.0835. The number of hydrogen-bond acceptors (Lipinski definition) is 2. The molecule has 0 saturated heterocycles. The predicted octanol–water partition coefficient (Wildman–Crippen LogP) is 6.68. The highest BCUT2D eigenvalue weighted by molar-refractivity contribution is 5.89. The van der Waals surface area contributed by atoms with E-state index in [1.54, 1.807) is 24.3 Å². The van der Waals surface area contributed by atoms with Gasteiger partial charge in [-0.2, -0.15) is 13.2 Å². The number of halogens is 5. The van der Waals surface area contributed by atoms with Gasteiger partial charge in [0.1, 0.15) is 18.2 Å². The first-order valence-electron chi connectivity index (χ1n) is 8.74. The minimum Gasteiger partial charge on any atom is -0.489 e. The van der Waals surface area contributed by atoms with Crippen LogP contribution in [0, 0.1) is 11.6 Å². The second kappa shape index (κ2) is 8.51. The number of benzene rings is 3. The Morgan fingerprint density at radius 2 is 1.72 bits per heavy atom. The molecule has 0 fully saturated rings. The molecule has 0 aliphatic rings. The molecule has 0 aliphatic heterocycles. The summed E-state index contributed by atoms with van der Waals surface area (Å²) in [5.74, 6) is -1.52. The first-order chi connectivity index (χ1) is 13.8. The van der Waals surface area contributed by atoms with Gasteiger partial charge in [0.15, 0.2) is 18.2 Å². The van der Waals surface area contributed by atoms with Gasteiger partial charge in [-0.15, -0.1) is 0 Å². The number of ether oxygens (including phenoxy) is 2. The van der Waals surface area contributed by atoms with Gasteiger partial charge in [-0.1, -0.05) is 30.4 Å². The lowest BCUT2D eigenvalue weighted by Crippen LogP contribution is -2.19. The second-order valence-corrected chi connectivity index (χ2v) is 6.24. The van der Waals surface area contributed by atoms with E-state index in [1.807, 2.05) is 13.0 Å². The molecule has 3 aromatic carbocycles. The third-order valence-corrected chi connectivity index (χ3v) is 4.14. The molecule has 0 atom stereocenters. The van der Waals surface area contributed by atoms with E-state index in [1.165, 1.54) is 24.3 Å². The van der Waals surface area contributed by atoms with Crippen molar-refractivity contribution in [3.05, 3.63) is 72.3 Å². The Kier molecular flexibility index (Phi) is 6.06. The Bertz CT molecular complexity index is 1040. The van der Waals surface area contributed by atoms with E-state index in [-0.39, 0.29) is 5.39 Å². The predicted molar refractivity (Wildman–Crippen MR) is 101 cm³/mol. The number of alkyl halides is 3. The van der Waals surface area contributed by atoms with Gasteiger partial charge in [0.05, 0.1) is 0 Å². The molecule has 0 saturated carbocycles. The van der Waals surface area contributed by atoms with Crippen LogP contribution < -0.4 is 9.47 Å². The van der Waals surface area contributed by atoms with Crippen LogP contribution in [0.5, 0.6) is 11.5 Å². The van der Waals surface area contributed by atoms with Crippen LogP contribution in [0.3, 0.4) is 0 Å². The average molecular weight is 408 g/mol. The quantitative estimate of drug-likeness (QED) is 0.335. The van der Waals surface area contributed by atoms with E-state index in [0.29, 0.717) is 28.9 Å². The highest BCUT2D eigenvalue weighted by Gasteiger charge is 2.29. The van der Waals surface area contributed by atoms with Gasteiger partial charge in [0.2, 0.25) is 0 Å². The summed E-state index contributed by atoms with van der Waals surface area (Å²) in [4.78, 5) is 0. The Morgan fingerprint density at radius 1 is 0.931 bits per heavy atom. The summed E-state index contributed by atoms with van der Waals surface area (Å²) in [5.41, 5.74) is 0.793. The van der Waals surface area contributed by atoms with Crippen LogP contribution in [0.4, 0.5) is 22.0 Å². The van der Waals surface area contributed by atoms with Crippen LogP contribution in [0.2, 0.25) is 0 Å². The van der Waals surface area contributed by atoms with E-state index in [9.17, 15) is 22.0 Å². The summed E-state index contributed by atoms with van der Waals surface area (Å²) < 4.78 is 75.7. The molecule has 0 bridgehead atoms. The average Bonchev–Trinajstić information content (AvgIpc) is 2.67. The highest BCUT2D eigenvalue weighted by Crippen LogP contribution is 2.33. The standard InChI is InChI=1S/C22H17F5O2/c1-2-3-10-28-16-6-8-17(19(23)12-16)14-4-7-18-15(11-14)5-9-20(21(18)24)29-13-22(25,26)27/h2-9,11-12H,10,13H2,1H3. The van der Waals surface area contributed by atoms with Crippen LogP contribution >= 0.6 is 0 Å². The zero-order chi connectivity index (χ0) is 21.0. The fraction of sp³-hybridized carbons (Fsp3) is 0.182. The molecular weight excluding hydrogens is 391 g/mol. The van der Waals surface area contributed by atoms with Gasteiger partial charge >= 0.3 is 6.18 Å². The lowest BCUT2D eigenvalue weighted by molar-refractivity contribution is -0.153. The van der Waals surface area contributed by atoms with Crippen molar-refractivity contribution in [1.29, 1.82) is 0 Å². The Hall–Kier alpha value is -3.09.